The lowest BCUT2D eigenvalue weighted by molar-refractivity contribution is 0.0827. The third-order valence-electron chi connectivity index (χ3n) is 4.24. The summed E-state index contributed by atoms with van der Waals surface area (Å²) < 4.78 is 10.9. The number of carbonyl (C=O) groups is 1. The van der Waals surface area contributed by atoms with Crippen LogP contribution < -0.4 is 20.1 Å². The average Bonchev–Trinajstić information content (AvgIpc) is 2.73. The van der Waals surface area contributed by atoms with Gasteiger partial charge in [-0.2, -0.15) is 0 Å². The van der Waals surface area contributed by atoms with Crippen molar-refractivity contribution in [1.29, 1.82) is 0 Å². The molecule has 0 atom stereocenters. The first-order chi connectivity index (χ1) is 14.0. The summed E-state index contributed by atoms with van der Waals surface area (Å²) in [5.74, 6) is 2.02. The zero-order valence-electron chi connectivity index (χ0n) is 18.2. The molecule has 0 aliphatic rings. The molecule has 2 aromatic rings. The number of guanidine groups is 1. The van der Waals surface area contributed by atoms with Gasteiger partial charge >= 0.3 is 0 Å². The van der Waals surface area contributed by atoms with E-state index < -0.39 is 0 Å². The Morgan fingerprint density at radius 3 is 2.53 bits per heavy atom. The second-order valence-electron chi connectivity index (χ2n) is 6.57. The molecule has 2 rings (SSSR count). The fraction of sp³-hybridized carbons (Fsp3) is 0.364. The van der Waals surface area contributed by atoms with Crippen LogP contribution >= 0.6 is 24.0 Å². The number of rotatable bonds is 8. The summed E-state index contributed by atoms with van der Waals surface area (Å²) >= 11 is 0. The van der Waals surface area contributed by atoms with Gasteiger partial charge in [0.25, 0.3) is 5.91 Å². The first kappa shape index (κ1) is 25.5. The van der Waals surface area contributed by atoms with Crippen molar-refractivity contribution in [3.8, 4) is 11.5 Å². The van der Waals surface area contributed by atoms with Crippen LogP contribution in [0.15, 0.2) is 47.5 Å². The molecule has 0 spiro atoms. The van der Waals surface area contributed by atoms with Gasteiger partial charge in [-0.15, -0.1) is 24.0 Å². The molecule has 0 bridgehead atoms. The molecule has 2 aromatic carbocycles. The Balaban J connectivity index is 0.00000450. The molecular weight excluding hydrogens is 495 g/mol. The highest BCUT2D eigenvalue weighted by Gasteiger charge is 2.09. The average molecular weight is 526 g/mol. The van der Waals surface area contributed by atoms with Crippen LogP contribution in [-0.4, -0.2) is 58.2 Å². The highest BCUT2D eigenvalue weighted by atomic mass is 127. The maximum absolute atomic E-state index is 12.1. The van der Waals surface area contributed by atoms with Gasteiger partial charge in [0.2, 0.25) is 0 Å². The number of nitrogens with zero attached hydrogens (tertiary/aromatic N) is 2. The SMILES string of the molecule is CCOc1cc(NC(=NC)NCCc2cccc(C(=O)N(C)C)c2)ccc1OC.I. The van der Waals surface area contributed by atoms with E-state index in [1.54, 1.807) is 33.2 Å². The standard InChI is InChI=1S/C22H30N4O3.HI/c1-6-29-20-15-18(10-11-19(20)28-5)25-22(23-2)24-13-12-16-8-7-9-17(14-16)21(27)26(3)4;/h7-11,14-15H,6,12-13H2,1-5H3,(H2,23,24,25);1H. The summed E-state index contributed by atoms with van der Waals surface area (Å²) in [6.07, 6.45) is 0.766. The molecule has 30 heavy (non-hydrogen) atoms. The van der Waals surface area contributed by atoms with Gasteiger partial charge in [-0.05, 0) is 43.2 Å². The third kappa shape index (κ3) is 7.40. The van der Waals surface area contributed by atoms with Crippen LogP contribution in [0.25, 0.3) is 0 Å². The van der Waals surface area contributed by atoms with Gasteiger partial charge < -0.3 is 25.0 Å². The molecule has 0 heterocycles. The molecule has 0 unspecified atom stereocenters. The normalized spacial score (nSPS) is 10.6. The Bertz CT molecular complexity index is 856. The van der Waals surface area contributed by atoms with Crippen LogP contribution in [0.1, 0.15) is 22.8 Å². The summed E-state index contributed by atoms with van der Waals surface area (Å²) in [6, 6.07) is 13.3. The van der Waals surface area contributed by atoms with Crippen LogP contribution in [0, 0.1) is 0 Å². The van der Waals surface area contributed by atoms with E-state index in [2.05, 4.69) is 15.6 Å². The zero-order valence-corrected chi connectivity index (χ0v) is 20.5. The van der Waals surface area contributed by atoms with E-state index in [4.69, 9.17) is 9.47 Å². The summed E-state index contributed by atoms with van der Waals surface area (Å²) in [4.78, 5) is 18.0. The molecule has 0 aliphatic heterocycles. The smallest absolute Gasteiger partial charge is 0.253 e. The van der Waals surface area contributed by atoms with Gasteiger partial charge in [0.1, 0.15) is 0 Å². The van der Waals surface area contributed by atoms with Gasteiger partial charge in [0.15, 0.2) is 17.5 Å². The maximum atomic E-state index is 12.1. The molecule has 0 radical (unpaired) electrons. The number of anilines is 1. The molecule has 164 valence electrons. The summed E-state index contributed by atoms with van der Waals surface area (Å²) in [7, 11) is 6.84. The van der Waals surface area contributed by atoms with Crippen molar-refractivity contribution in [3.63, 3.8) is 0 Å². The minimum absolute atomic E-state index is 0. The monoisotopic (exact) mass is 526 g/mol. The highest BCUT2D eigenvalue weighted by molar-refractivity contribution is 14.0. The van der Waals surface area contributed by atoms with E-state index in [9.17, 15) is 4.79 Å². The van der Waals surface area contributed by atoms with E-state index in [1.807, 2.05) is 49.4 Å². The molecule has 0 fully saturated rings. The largest absolute Gasteiger partial charge is 0.493 e. The van der Waals surface area contributed by atoms with Crippen LogP contribution in [0.4, 0.5) is 5.69 Å². The quantitative estimate of drug-likeness (QED) is 0.312. The van der Waals surface area contributed by atoms with Gasteiger partial charge in [-0.1, -0.05) is 12.1 Å². The van der Waals surface area contributed by atoms with Crippen molar-refractivity contribution in [1.82, 2.24) is 10.2 Å². The van der Waals surface area contributed by atoms with Gasteiger partial charge in [-0.25, -0.2) is 0 Å². The zero-order chi connectivity index (χ0) is 21.2. The Morgan fingerprint density at radius 1 is 1.13 bits per heavy atom. The van der Waals surface area contributed by atoms with Crippen LogP contribution in [0.3, 0.4) is 0 Å². The van der Waals surface area contributed by atoms with E-state index in [-0.39, 0.29) is 29.9 Å². The number of amides is 1. The number of hydrogen-bond acceptors (Lipinski definition) is 4. The maximum Gasteiger partial charge on any atom is 0.253 e. The number of nitrogens with one attached hydrogen (secondary N) is 2. The molecule has 0 aliphatic carbocycles. The van der Waals surface area contributed by atoms with Crippen LogP contribution in [-0.2, 0) is 6.42 Å². The Kier molecular flexibility index (Phi) is 11.0. The van der Waals surface area contributed by atoms with Gasteiger partial charge in [-0.3, -0.25) is 9.79 Å². The van der Waals surface area contributed by atoms with Gasteiger partial charge in [0.05, 0.1) is 13.7 Å². The Morgan fingerprint density at radius 2 is 1.90 bits per heavy atom. The second-order valence-corrected chi connectivity index (χ2v) is 6.57. The fourth-order valence-electron chi connectivity index (χ4n) is 2.78. The fourth-order valence-corrected chi connectivity index (χ4v) is 2.78. The van der Waals surface area contributed by atoms with Crippen molar-refractivity contribution < 1.29 is 14.3 Å². The molecule has 7 nitrogen and oxygen atoms in total. The van der Waals surface area contributed by atoms with Crippen LogP contribution in [0.5, 0.6) is 11.5 Å². The number of benzene rings is 2. The first-order valence-electron chi connectivity index (χ1n) is 9.57. The Hall–Kier alpha value is -2.49. The molecule has 0 aromatic heterocycles. The topological polar surface area (TPSA) is 75.2 Å². The molecule has 2 N–H and O–H groups in total. The lowest BCUT2D eigenvalue weighted by Gasteiger charge is -2.15. The molecule has 0 saturated heterocycles. The van der Waals surface area contributed by atoms with E-state index in [0.29, 0.717) is 36.2 Å². The minimum Gasteiger partial charge on any atom is -0.493 e. The molecule has 1 amide bonds. The lowest BCUT2D eigenvalue weighted by atomic mass is 10.1. The number of aliphatic imine (C=N–C) groups is 1. The van der Waals surface area contributed by atoms with Gasteiger partial charge in [0, 0.05) is 45.0 Å². The predicted molar refractivity (Wildman–Crippen MR) is 133 cm³/mol. The molecule has 0 saturated carbocycles. The molecule has 8 heteroatoms. The lowest BCUT2D eigenvalue weighted by Crippen LogP contribution is -2.32. The van der Waals surface area contributed by atoms with Crippen LogP contribution in [0.2, 0.25) is 0 Å². The van der Waals surface area contributed by atoms with E-state index in [1.165, 1.54) is 0 Å². The van der Waals surface area contributed by atoms with E-state index in [0.717, 1.165) is 17.7 Å². The number of ether oxygens (including phenoxy) is 2. The van der Waals surface area contributed by atoms with Crippen molar-refractivity contribution in [3.05, 3.63) is 53.6 Å². The number of halogens is 1. The van der Waals surface area contributed by atoms with Crippen molar-refractivity contribution in [2.24, 2.45) is 4.99 Å². The Labute approximate surface area is 195 Å². The minimum atomic E-state index is 0. The first-order valence-corrected chi connectivity index (χ1v) is 9.57. The van der Waals surface area contributed by atoms with Crippen molar-refractivity contribution >= 4 is 41.5 Å². The van der Waals surface area contributed by atoms with Crippen molar-refractivity contribution in [2.75, 3.05) is 46.7 Å². The number of methoxy groups -OCH3 is 1. The predicted octanol–water partition coefficient (Wildman–Crippen LogP) is 3.64. The highest BCUT2D eigenvalue weighted by Crippen LogP contribution is 2.30. The summed E-state index contributed by atoms with van der Waals surface area (Å²) in [5.41, 5.74) is 2.63. The number of carbonyl (C=O) groups excluding carboxylic acids is 1. The second kappa shape index (κ2) is 12.9. The third-order valence-corrected chi connectivity index (χ3v) is 4.24. The summed E-state index contributed by atoms with van der Waals surface area (Å²) in [6.45, 7) is 3.16. The molecular formula is C22H31IN4O3. The summed E-state index contributed by atoms with van der Waals surface area (Å²) in [5, 5.41) is 6.54. The number of hydrogen-bond donors (Lipinski definition) is 2. The van der Waals surface area contributed by atoms with E-state index >= 15 is 0 Å². The van der Waals surface area contributed by atoms with Crippen molar-refractivity contribution in [2.45, 2.75) is 13.3 Å².